The molecule has 1 saturated heterocycles. The van der Waals surface area contributed by atoms with Crippen molar-refractivity contribution < 1.29 is 9.59 Å². The van der Waals surface area contributed by atoms with Gasteiger partial charge in [0.25, 0.3) is 0 Å². The summed E-state index contributed by atoms with van der Waals surface area (Å²) in [5.41, 5.74) is 2.88. The quantitative estimate of drug-likeness (QED) is 0.484. The van der Waals surface area contributed by atoms with E-state index in [2.05, 4.69) is 34.1 Å². The maximum absolute atomic E-state index is 13.8. The van der Waals surface area contributed by atoms with Crippen LogP contribution in [-0.4, -0.2) is 36.1 Å². The lowest BCUT2D eigenvalue weighted by atomic mass is 9.68. The van der Waals surface area contributed by atoms with Crippen molar-refractivity contribution in [2.24, 2.45) is 29.6 Å². The van der Waals surface area contributed by atoms with Crippen molar-refractivity contribution in [3.8, 4) is 0 Å². The summed E-state index contributed by atoms with van der Waals surface area (Å²) in [6.07, 6.45) is 0.884. The molecule has 2 saturated carbocycles. The van der Waals surface area contributed by atoms with Crippen molar-refractivity contribution in [3.05, 3.63) is 73.7 Å². The number of benzene rings is 2. The first-order chi connectivity index (χ1) is 17.3. The van der Waals surface area contributed by atoms with Crippen molar-refractivity contribution >= 4 is 57.9 Å². The fourth-order valence-electron chi connectivity index (χ4n) is 7.21. The Bertz CT molecular complexity index is 1450. The van der Waals surface area contributed by atoms with E-state index in [1.807, 2.05) is 14.1 Å². The van der Waals surface area contributed by atoms with Crippen LogP contribution >= 0.6 is 34.7 Å². The third kappa shape index (κ3) is 3.07. The molecule has 1 N–H and O–H groups in total. The number of carbonyl (C=O) groups excluding carboxylic acids is 2. The minimum atomic E-state index is -0.305. The first-order valence-electron chi connectivity index (χ1n) is 12.1. The Morgan fingerprint density at radius 1 is 0.944 bits per heavy atom. The number of nitrogens with one attached hydrogen (secondary N) is 1. The molecule has 0 spiro atoms. The summed E-state index contributed by atoms with van der Waals surface area (Å²) in [5, 5.41) is 1.70. The molecule has 2 amide bonds. The molecular weight excluding hydrogens is 514 g/mol. The smallest absolute Gasteiger partial charge is 0.305 e. The first-order valence-corrected chi connectivity index (χ1v) is 14.2. The van der Waals surface area contributed by atoms with Gasteiger partial charge in [0.2, 0.25) is 11.8 Å². The average Bonchev–Trinajstić information content (AvgIpc) is 3.59. The number of hydrogen-bond donors (Lipinski definition) is 1. The lowest BCUT2D eigenvalue weighted by Crippen LogP contribution is -2.42. The van der Waals surface area contributed by atoms with Gasteiger partial charge in [-0.3, -0.25) is 19.3 Å². The maximum atomic E-state index is 13.8. The van der Waals surface area contributed by atoms with E-state index >= 15 is 0 Å². The number of thiazole rings is 1. The van der Waals surface area contributed by atoms with Crippen molar-refractivity contribution in [3.63, 3.8) is 0 Å². The standard InChI is InChI=1S/C27H24ClN3O3S2/c1-30(2)14-7-3-12(4-8-14)18-19-16-11-17(22(19)35-24-23(18)36-27(34)29-24)21-20(16)25(32)31(26(21)33)15-9-5-13(28)6-10-15/h3-10,16-22H,11H2,1-2H3,(H,29,34)/t16-,17-,18?,19?,20?,21?,22?/m1/s1. The molecule has 2 bridgehead atoms. The van der Waals surface area contributed by atoms with Crippen molar-refractivity contribution in [1.82, 2.24) is 4.98 Å². The molecule has 184 valence electrons. The molecule has 5 unspecified atom stereocenters. The Morgan fingerprint density at radius 3 is 2.28 bits per heavy atom. The third-order valence-electron chi connectivity index (χ3n) is 8.58. The molecule has 7 atom stereocenters. The number of nitrogens with zero attached hydrogens (tertiary/aromatic N) is 2. The topological polar surface area (TPSA) is 73.5 Å². The van der Waals surface area contributed by atoms with Crippen LogP contribution < -0.4 is 14.7 Å². The van der Waals surface area contributed by atoms with Gasteiger partial charge in [-0.25, -0.2) is 0 Å². The molecule has 36 heavy (non-hydrogen) atoms. The summed E-state index contributed by atoms with van der Waals surface area (Å²) in [4.78, 5) is 47.4. The van der Waals surface area contributed by atoms with Crippen LogP contribution in [0.2, 0.25) is 5.02 Å². The molecule has 7 rings (SSSR count). The zero-order valence-electron chi connectivity index (χ0n) is 19.7. The second kappa shape index (κ2) is 7.97. The van der Waals surface area contributed by atoms with Crippen LogP contribution in [-0.2, 0) is 9.59 Å². The lowest BCUT2D eigenvalue weighted by Gasteiger charge is -2.43. The SMILES string of the molecule is CN(C)c1ccc(C2c3sc(=O)[nH]c3SC3C2[C@H]2C[C@@H]3C3C(=O)N(c4ccc(Cl)cc4)C(=O)C32)cc1. The van der Waals surface area contributed by atoms with Gasteiger partial charge in [0.05, 0.1) is 22.5 Å². The number of carbonyl (C=O) groups is 2. The van der Waals surface area contributed by atoms with Gasteiger partial charge in [0.1, 0.15) is 0 Å². The highest BCUT2D eigenvalue weighted by molar-refractivity contribution is 8.00. The van der Waals surface area contributed by atoms with E-state index in [0.29, 0.717) is 10.7 Å². The van der Waals surface area contributed by atoms with E-state index in [-0.39, 0.29) is 57.4 Å². The minimum absolute atomic E-state index is 0.0369. The van der Waals surface area contributed by atoms with Crippen molar-refractivity contribution in [2.75, 3.05) is 23.9 Å². The highest BCUT2D eigenvalue weighted by atomic mass is 35.5. The number of aromatic nitrogens is 1. The normalized spacial score (nSPS) is 32.0. The Hall–Kier alpha value is -2.55. The van der Waals surface area contributed by atoms with Crippen LogP contribution in [0.4, 0.5) is 11.4 Å². The molecule has 9 heteroatoms. The zero-order chi connectivity index (χ0) is 24.9. The van der Waals surface area contributed by atoms with E-state index in [1.165, 1.54) is 21.8 Å². The molecule has 6 nitrogen and oxygen atoms in total. The van der Waals surface area contributed by atoms with Gasteiger partial charge in [-0.15, -0.1) is 11.8 Å². The van der Waals surface area contributed by atoms with Gasteiger partial charge in [-0.05, 0) is 66.1 Å². The molecule has 3 fully saturated rings. The number of thioether (sulfide) groups is 1. The zero-order valence-corrected chi connectivity index (χ0v) is 22.1. The highest BCUT2D eigenvalue weighted by Gasteiger charge is 2.69. The van der Waals surface area contributed by atoms with Gasteiger partial charge in [-0.2, -0.15) is 0 Å². The number of H-pyrrole nitrogens is 1. The second-order valence-electron chi connectivity index (χ2n) is 10.4. The van der Waals surface area contributed by atoms with Gasteiger partial charge < -0.3 is 9.88 Å². The number of rotatable bonds is 3. The Balaban J connectivity index is 1.31. The third-order valence-corrected chi connectivity index (χ3v) is 11.4. The Kier molecular flexibility index (Phi) is 5.01. The first kappa shape index (κ1) is 22.6. The van der Waals surface area contributed by atoms with Gasteiger partial charge in [-0.1, -0.05) is 35.1 Å². The second-order valence-corrected chi connectivity index (χ2v) is 13.1. The van der Waals surface area contributed by atoms with E-state index in [1.54, 1.807) is 36.0 Å². The number of amides is 2. The van der Waals surface area contributed by atoms with Crippen molar-refractivity contribution in [2.45, 2.75) is 22.6 Å². The summed E-state index contributed by atoms with van der Waals surface area (Å²) in [7, 11) is 4.03. The Labute approximate surface area is 221 Å². The molecule has 2 aromatic carbocycles. The fourth-order valence-corrected chi connectivity index (χ4v) is 10.2. The van der Waals surface area contributed by atoms with E-state index in [0.717, 1.165) is 22.0 Å². The van der Waals surface area contributed by atoms with E-state index in [4.69, 9.17) is 11.6 Å². The number of hydrogen-bond acceptors (Lipinski definition) is 6. The van der Waals surface area contributed by atoms with Gasteiger partial charge in [0.15, 0.2) is 0 Å². The average molecular weight is 538 g/mol. The Morgan fingerprint density at radius 2 is 1.61 bits per heavy atom. The maximum Gasteiger partial charge on any atom is 0.305 e. The van der Waals surface area contributed by atoms with Crippen LogP contribution in [0.5, 0.6) is 0 Å². The number of aromatic amines is 1. The van der Waals surface area contributed by atoms with Crippen LogP contribution in [0.3, 0.4) is 0 Å². The molecule has 4 aliphatic rings. The fraction of sp³-hybridized carbons (Fsp3) is 0.370. The molecule has 2 aliphatic carbocycles. The highest BCUT2D eigenvalue weighted by Crippen LogP contribution is 2.68. The van der Waals surface area contributed by atoms with E-state index in [9.17, 15) is 14.4 Å². The number of imide groups is 1. The summed E-state index contributed by atoms with van der Waals surface area (Å²) in [6, 6.07) is 15.5. The summed E-state index contributed by atoms with van der Waals surface area (Å²) in [5.74, 6) is -0.314. The number of anilines is 2. The van der Waals surface area contributed by atoms with Crippen LogP contribution in [0.25, 0.3) is 0 Å². The predicted octanol–water partition coefficient (Wildman–Crippen LogP) is 4.83. The lowest BCUT2D eigenvalue weighted by molar-refractivity contribution is -0.123. The molecule has 3 aromatic rings. The monoisotopic (exact) mass is 537 g/mol. The van der Waals surface area contributed by atoms with Gasteiger partial charge in [0, 0.05) is 40.9 Å². The van der Waals surface area contributed by atoms with Crippen LogP contribution in [0.1, 0.15) is 22.8 Å². The molecule has 0 radical (unpaired) electrons. The summed E-state index contributed by atoms with van der Waals surface area (Å²) in [6.45, 7) is 0. The predicted molar refractivity (Wildman–Crippen MR) is 143 cm³/mol. The summed E-state index contributed by atoms with van der Waals surface area (Å²) < 4.78 is 0. The van der Waals surface area contributed by atoms with Crippen molar-refractivity contribution in [1.29, 1.82) is 0 Å². The molecule has 1 aromatic heterocycles. The minimum Gasteiger partial charge on any atom is -0.378 e. The largest absolute Gasteiger partial charge is 0.378 e. The number of halogens is 1. The van der Waals surface area contributed by atoms with E-state index < -0.39 is 0 Å². The van der Waals surface area contributed by atoms with Crippen LogP contribution in [0.15, 0.2) is 58.4 Å². The molecular formula is C27H24ClN3O3S2. The van der Waals surface area contributed by atoms with Gasteiger partial charge >= 0.3 is 4.87 Å². The van der Waals surface area contributed by atoms with Crippen LogP contribution in [0, 0.1) is 29.6 Å². The molecule has 2 aliphatic heterocycles. The molecule has 3 heterocycles. The summed E-state index contributed by atoms with van der Waals surface area (Å²) >= 11 is 9.06. The number of fused-ring (bicyclic) bond motifs is 9.